The summed E-state index contributed by atoms with van der Waals surface area (Å²) in [6.07, 6.45) is 2.80. The van der Waals surface area contributed by atoms with Gasteiger partial charge in [-0.15, -0.1) is 0 Å². The van der Waals surface area contributed by atoms with Crippen LogP contribution in [-0.2, 0) is 19.7 Å². The quantitative estimate of drug-likeness (QED) is 0.425. The third-order valence-electron chi connectivity index (χ3n) is 4.51. The smallest absolute Gasteiger partial charge is 0.494 e. The van der Waals surface area contributed by atoms with Crippen molar-refractivity contribution in [2.75, 3.05) is 27.9 Å². The van der Waals surface area contributed by atoms with Crippen molar-refractivity contribution in [2.45, 2.75) is 32.2 Å². The molecule has 0 saturated carbocycles. The first kappa shape index (κ1) is 20.6. The Labute approximate surface area is 158 Å². The third kappa shape index (κ3) is 6.25. The molecule has 5 heteroatoms. The molecule has 0 spiro atoms. The van der Waals surface area contributed by atoms with E-state index in [1.54, 1.807) is 21.3 Å². The molecule has 0 fully saturated rings. The van der Waals surface area contributed by atoms with Crippen LogP contribution in [0.1, 0.15) is 29.5 Å². The molecule has 0 radical (unpaired) electrons. The van der Waals surface area contributed by atoms with Gasteiger partial charge in [-0.1, -0.05) is 42.0 Å². The van der Waals surface area contributed by atoms with Crippen LogP contribution in [0, 0.1) is 6.92 Å². The standard InChI is InChI=1S/C21H30O4Si/c1-18-10-12-19(13-11-18)16-20-8-7-9-21(17-20)25-14-5-6-15-26(22-2,23-3)24-4/h7-13,17H,5-6,14-16H2,1-4H3. The second-order valence-electron chi connectivity index (χ2n) is 6.41. The highest BCUT2D eigenvalue weighted by molar-refractivity contribution is 6.60. The Balaban J connectivity index is 1.79. The second-order valence-corrected chi connectivity index (χ2v) is 9.50. The molecule has 2 aromatic rings. The summed E-state index contributed by atoms with van der Waals surface area (Å²) in [5.41, 5.74) is 3.86. The highest BCUT2D eigenvalue weighted by Gasteiger charge is 2.36. The van der Waals surface area contributed by atoms with Crippen LogP contribution in [0.15, 0.2) is 48.5 Å². The van der Waals surface area contributed by atoms with E-state index in [0.29, 0.717) is 6.61 Å². The van der Waals surface area contributed by atoms with Gasteiger partial charge >= 0.3 is 8.80 Å². The van der Waals surface area contributed by atoms with Crippen LogP contribution in [-0.4, -0.2) is 36.7 Å². The molecule has 0 N–H and O–H groups in total. The van der Waals surface area contributed by atoms with Crippen LogP contribution >= 0.6 is 0 Å². The van der Waals surface area contributed by atoms with Gasteiger partial charge in [0.1, 0.15) is 5.75 Å². The zero-order chi connectivity index (χ0) is 18.8. The third-order valence-corrected chi connectivity index (χ3v) is 7.34. The lowest BCUT2D eigenvalue weighted by molar-refractivity contribution is 0.122. The molecular weight excluding hydrogens is 344 g/mol. The molecule has 142 valence electrons. The van der Waals surface area contributed by atoms with Crippen molar-refractivity contribution in [2.24, 2.45) is 0 Å². The monoisotopic (exact) mass is 374 g/mol. The fourth-order valence-corrected chi connectivity index (χ4v) is 4.67. The summed E-state index contributed by atoms with van der Waals surface area (Å²) < 4.78 is 22.2. The van der Waals surface area contributed by atoms with E-state index in [2.05, 4.69) is 49.4 Å². The molecule has 0 aromatic heterocycles. The fourth-order valence-electron chi connectivity index (χ4n) is 2.88. The van der Waals surface area contributed by atoms with E-state index < -0.39 is 8.80 Å². The summed E-state index contributed by atoms with van der Waals surface area (Å²) in [6, 6.07) is 17.8. The lowest BCUT2D eigenvalue weighted by Crippen LogP contribution is -2.42. The van der Waals surface area contributed by atoms with Gasteiger partial charge in [0.2, 0.25) is 0 Å². The molecular formula is C21H30O4Si. The molecule has 26 heavy (non-hydrogen) atoms. The molecule has 0 amide bonds. The van der Waals surface area contributed by atoms with Crippen molar-refractivity contribution < 1.29 is 18.0 Å². The SMILES string of the molecule is CO[Si](CCCCOc1cccc(Cc2ccc(C)cc2)c1)(OC)OC. The Morgan fingerprint density at radius 3 is 2.15 bits per heavy atom. The molecule has 2 aromatic carbocycles. The predicted molar refractivity (Wildman–Crippen MR) is 107 cm³/mol. The summed E-state index contributed by atoms with van der Waals surface area (Å²) in [4.78, 5) is 0. The van der Waals surface area contributed by atoms with E-state index in [1.807, 2.05) is 6.07 Å². The highest BCUT2D eigenvalue weighted by atomic mass is 28.4. The summed E-state index contributed by atoms with van der Waals surface area (Å²) in [7, 11) is 2.49. The normalized spacial score (nSPS) is 11.5. The number of unbranched alkanes of at least 4 members (excludes halogenated alkanes) is 1. The van der Waals surface area contributed by atoms with Gasteiger partial charge in [0.25, 0.3) is 0 Å². The largest absolute Gasteiger partial charge is 0.500 e. The Bertz CT molecular complexity index is 645. The molecule has 0 atom stereocenters. The van der Waals surface area contributed by atoms with Crippen molar-refractivity contribution in [1.82, 2.24) is 0 Å². The van der Waals surface area contributed by atoms with E-state index in [9.17, 15) is 0 Å². The first-order valence-corrected chi connectivity index (χ1v) is 11.0. The van der Waals surface area contributed by atoms with Gasteiger partial charge in [0.15, 0.2) is 0 Å². The Hall–Kier alpha value is -1.66. The average Bonchev–Trinajstić information content (AvgIpc) is 2.67. The van der Waals surface area contributed by atoms with Gasteiger partial charge in [0.05, 0.1) is 6.61 Å². The van der Waals surface area contributed by atoms with Crippen molar-refractivity contribution in [3.63, 3.8) is 0 Å². The molecule has 0 unspecified atom stereocenters. The maximum absolute atomic E-state index is 5.91. The first-order valence-electron chi connectivity index (χ1n) is 9.03. The summed E-state index contributed by atoms with van der Waals surface area (Å²) >= 11 is 0. The van der Waals surface area contributed by atoms with Gasteiger partial charge in [0, 0.05) is 27.4 Å². The van der Waals surface area contributed by atoms with Crippen molar-refractivity contribution in [3.8, 4) is 5.75 Å². The number of benzene rings is 2. The van der Waals surface area contributed by atoms with Gasteiger partial charge in [-0.05, 0) is 49.4 Å². The summed E-state index contributed by atoms with van der Waals surface area (Å²) in [5.74, 6) is 0.920. The Morgan fingerprint density at radius 2 is 1.50 bits per heavy atom. The van der Waals surface area contributed by atoms with E-state index in [0.717, 1.165) is 31.1 Å². The van der Waals surface area contributed by atoms with Gasteiger partial charge < -0.3 is 18.0 Å². The van der Waals surface area contributed by atoms with Gasteiger partial charge in [-0.2, -0.15) is 0 Å². The minimum atomic E-state index is -2.46. The minimum Gasteiger partial charge on any atom is -0.494 e. The van der Waals surface area contributed by atoms with Crippen LogP contribution < -0.4 is 4.74 Å². The lowest BCUT2D eigenvalue weighted by atomic mass is 10.0. The van der Waals surface area contributed by atoms with Crippen LogP contribution in [0.4, 0.5) is 0 Å². The van der Waals surface area contributed by atoms with Crippen LogP contribution in [0.25, 0.3) is 0 Å². The lowest BCUT2D eigenvalue weighted by Gasteiger charge is -2.24. The van der Waals surface area contributed by atoms with E-state index >= 15 is 0 Å². The predicted octanol–water partition coefficient (Wildman–Crippen LogP) is 4.62. The zero-order valence-corrected chi connectivity index (χ0v) is 17.3. The fraction of sp³-hybridized carbons (Fsp3) is 0.429. The van der Waals surface area contributed by atoms with Gasteiger partial charge in [-0.25, -0.2) is 0 Å². The van der Waals surface area contributed by atoms with Crippen molar-refractivity contribution in [3.05, 3.63) is 65.2 Å². The molecule has 0 heterocycles. The van der Waals surface area contributed by atoms with E-state index in [4.69, 9.17) is 18.0 Å². The first-order chi connectivity index (χ1) is 12.6. The molecule has 0 bridgehead atoms. The maximum atomic E-state index is 5.91. The maximum Gasteiger partial charge on any atom is 0.500 e. The zero-order valence-electron chi connectivity index (χ0n) is 16.3. The molecule has 0 aliphatic carbocycles. The topological polar surface area (TPSA) is 36.9 Å². The molecule has 4 nitrogen and oxygen atoms in total. The van der Waals surface area contributed by atoms with E-state index in [1.165, 1.54) is 16.7 Å². The van der Waals surface area contributed by atoms with Gasteiger partial charge in [-0.3, -0.25) is 0 Å². The molecule has 2 rings (SSSR count). The van der Waals surface area contributed by atoms with Crippen molar-refractivity contribution >= 4 is 8.80 Å². The molecule has 0 saturated heterocycles. The number of aryl methyl sites for hydroxylation is 1. The number of hydrogen-bond donors (Lipinski definition) is 0. The Morgan fingerprint density at radius 1 is 0.808 bits per heavy atom. The summed E-state index contributed by atoms with van der Waals surface area (Å²) in [6.45, 7) is 2.78. The van der Waals surface area contributed by atoms with Crippen LogP contribution in [0.5, 0.6) is 5.75 Å². The van der Waals surface area contributed by atoms with E-state index in [-0.39, 0.29) is 0 Å². The molecule has 0 aliphatic heterocycles. The second kappa shape index (κ2) is 10.5. The van der Waals surface area contributed by atoms with Crippen molar-refractivity contribution in [1.29, 1.82) is 0 Å². The number of rotatable bonds is 11. The van der Waals surface area contributed by atoms with Crippen LogP contribution in [0.2, 0.25) is 6.04 Å². The highest BCUT2D eigenvalue weighted by Crippen LogP contribution is 2.19. The average molecular weight is 375 g/mol. The summed E-state index contributed by atoms with van der Waals surface area (Å²) in [5, 5.41) is 0. The number of hydrogen-bond acceptors (Lipinski definition) is 4. The Kier molecular flexibility index (Phi) is 8.32. The van der Waals surface area contributed by atoms with Crippen LogP contribution in [0.3, 0.4) is 0 Å². The number of ether oxygens (including phenoxy) is 1. The minimum absolute atomic E-state index is 0.676. The molecule has 0 aliphatic rings.